The monoisotopic (exact) mass is 347 g/mol. The Morgan fingerprint density at radius 2 is 2.00 bits per heavy atom. The van der Waals surface area contributed by atoms with Gasteiger partial charge in [-0.25, -0.2) is 9.78 Å². The molecule has 4 rings (SSSR count). The van der Waals surface area contributed by atoms with Gasteiger partial charge in [0.1, 0.15) is 11.4 Å². The van der Waals surface area contributed by atoms with Crippen LogP contribution in [0.15, 0.2) is 48.7 Å². The fraction of sp³-hybridized carbons (Fsp3) is 0.200. The Kier molecular flexibility index (Phi) is 4.31. The van der Waals surface area contributed by atoms with E-state index in [1.807, 2.05) is 18.2 Å². The van der Waals surface area contributed by atoms with Crippen molar-refractivity contribution in [3.8, 4) is 23.1 Å². The fourth-order valence-electron chi connectivity index (χ4n) is 3.01. The Hall–Kier alpha value is -3.28. The van der Waals surface area contributed by atoms with Gasteiger partial charge in [-0.15, -0.1) is 0 Å². The van der Waals surface area contributed by atoms with E-state index < -0.39 is 5.97 Å². The third-order valence-electron chi connectivity index (χ3n) is 4.26. The van der Waals surface area contributed by atoms with Crippen molar-refractivity contribution in [3.63, 3.8) is 0 Å². The number of fused-ring (bicyclic) bond motifs is 1. The van der Waals surface area contributed by atoms with Crippen molar-refractivity contribution < 1.29 is 14.3 Å². The van der Waals surface area contributed by atoms with Crippen molar-refractivity contribution in [2.75, 3.05) is 7.11 Å². The van der Waals surface area contributed by atoms with Gasteiger partial charge in [0.05, 0.1) is 18.4 Å². The van der Waals surface area contributed by atoms with Gasteiger partial charge in [0, 0.05) is 11.8 Å². The second kappa shape index (κ2) is 6.92. The van der Waals surface area contributed by atoms with Gasteiger partial charge in [-0.05, 0) is 49.6 Å². The molecule has 1 aliphatic carbocycles. The van der Waals surface area contributed by atoms with Crippen molar-refractivity contribution in [1.82, 2.24) is 15.0 Å². The molecule has 0 amide bonds. The molecule has 1 aliphatic rings. The number of benzene rings is 1. The normalized spacial score (nSPS) is 12.5. The number of nitrogens with zero attached hydrogens (tertiary/aromatic N) is 3. The highest BCUT2D eigenvalue weighted by atomic mass is 16.5. The Morgan fingerprint density at radius 1 is 1.08 bits per heavy atom. The number of hydrogen-bond acceptors (Lipinski definition) is 6. The van der Waals surface area contributed by atoms with Crippen LogP contribution in [0.25, 0.3) is 11.5 Å². The maximum Gasteiger partial charge on any atom is 0.337 e. The minimum Gasteiger partial charge on any atom is -0.465 e. The molecule has 3 aromatic rings. The Morgan fingerprint density at radius 3 is 2.81 bits per heavy atom. The van der Waals surface area contributed by atoms with Crippen LogP contribution in [0.5, 0.6) is 11.6 Å². The number of ether oxygens (including phenoxy) is 2. The molecule has 0 aliphatic heterocycles. The minimum absolute atomic E-state index is 0.405. The first-order valence-corrected chi connectivity index (χ1v) is 8.42. The van der Waals surface area contributed by atoms with Crippen LogP contribution in [0.4, 0.5) is 0 Å². The lowest BCUT2D eigenvalue weighted by Gasteiger charge is -2.11. The number of hydrogen-bond donors (Lipinski definition) is 0. The fourth-order valence-corrected chi connectivity index (χ4v) is 3.01. The molecule has 0 bridgehead atoms. The predicted octanol–water partition coefficient (Wildman–Crippen LogP) is 3.61. The van der Waals surface area contributed by atoms with E-state index in [-0.39, 0.29) is 0 Å². The molecule has 26 heavy (non-hydrogen) atoms. The molecule has 0 saturated heterocycles. The summed E-state index contributed by atoms with van der Waals surface area (Å²) < 4.78 is 10.8. The van der Waals surface area contributed by atoms with E-state index in [9.17, 15) is 4.79 Å². The van der Waals surface area contributed by atoms with Crippen LogP contribution in [0, 0.1) is 0 Å². The van der Waals surface area contributed by atoms with Gasteiger partial charge in [0.25, 0.3) is 0 Å². The van der Waals surface area contributed by atoms with E-state index in [2.05, 4.69) is 15.0 Å². The molecule has 0 fully saturated rings. The molecule has 1 aromatic carbocycles. The van der Waals surface area contributed by atoms with Gasteiger partial charge in [0.2, 0.25) is 5.88 Å². The van der Waals surface area contributed by atoms with Crippen LogP contribution in [0.3, 0.4) is 0 Å². The zero-order chi connectivity index (χ0) is 17.9. The molecule has 0 unspecified atom stereocenters. The average Bonchev–Trinajstić information content (AvgIpc) is 3.17. The SMILES string of the molecule is COC(=O)c1cccc(Oc2nc(-c3ccccn3)nc3c2CCC3)c1. The molecular formula is C20H17N3O3. The van der Waals surface area contributed by atoms with Crippen LogP contribution in [0.1, 0.15) is 28.0 Å². The summed E-state index contributed by atoms with van der Waals surface area (Å²) in [5, 5.41) is 0. The molecule has 0 spiro atoms. The summed E-state index contributed by atoms with van der Waals surface area (Å²) in [5.41, 5.74) is 3.16. The molecule has 130 valence electrons. The Bertz CT molecular complexity index is 958. The molecule has 0 N–H and O–H groups in total. The number of aryl methyl sites for hydroxylation is 1. The summed E-state index contributed by atoms with van der Waals surface area (Å²) >= 11 is 0. The Labute approximate surface area is 150 Å². The van der Waals surface area contributed by atoms with Crippen molar-refractivity contribution in [1.29, 1.82) is 0 Å². The Balaban J connectivity index is 1.73. The molecule has 0 radical (unpaired) electrons. The lowest BCUT2D eigenvalue weighted by molar-refractivity contribution is 0.0600. The highest BCUT2D eigenvalue weighted by Gasteiger charge is 2.22. The van der Waals surface area contributed by atoms with Crippen LogP contribution in [0.2, 0.25) is 0 Å². The van der Waals surface area contributed by atoms with Gasteiger partial charge in [-0.2, -0.15) is 4.98 Å². The lowest BCUT2D eigenvalue weighted by atomic mass is 10.2. The van der Waals surface area contributed by atoms with Crippen molar-refractivity contribution in [2.24, 2.45) is 0 Å². The number of aromatic nitrogens is 3. The highest BCUT2D eigenvalue weighted by molar-refractivity contribution is 5.89. The van der Waals surface area contributed by atoms with Crippen LogP contribution in [-0.4, -0.2) is 28.0 Å². The topological polar surface area (TPSA) is 74.2 Å². The number of pyridine rings is 1. The quantitative estimate of drug-likeness (QED) is 0.671. The summed E-state index contributed by atoms with van der Waals surface area (Å²) in [6.45, 7) is 0. The molecule has 2 heterocycles. The number of esters is 1. The smallest absolute Gasteiger partial charge is 0.337 e. The van der Waals surface area contributed by atoms with E-state index in [4.69, 9.17) is 9.47 Å². The molecule has 0 saturated carbocycles. The largest absolute Gasteiger partial charge is 0.465 e. The van der Waals surface area contributed by atoms with Gasteiger partial charge in [-0.1, -0.05) is 12.1 Å². The van der Waals surface area contributed by atoms with Gasteiger partial charge in [0.15, 0.2) is 5.82 Å². The van der Waals surface area contributed by atoms with E-state index in [1.54, 1.807) is 30.5 Å². The first-order valence-electron chi connectivity index (χ1n) is 8.42. The van der Waals surface area contributed by atoms with E-state index in [0.29, 0.717) is 28.7 Å². The number of carbonyl (C=O) groups is 1. The second-order valence-electron chi connectivity index (χ2n) is 5.97. The van der Waals surface area contributed by atoms with Crippen molar-refractivity contribution >= 4 is 5.97 Å². The summed E-state index contributed by atoms with van der Waals surface area (Å²) in [6, 6.07) is 12.5. The third-order valence-corrected chi connectivity index (χ3v) is 4.26. The van der Waals surface area contributed by atoms with Gasteiger partial charge < -0.3 is 9.47 Å². The maximum atomic E-state index is 11.7. The zero-order valence-corrected chi connectivity index (χ0v) is 14.3. The second-order valence-corrected chi connectivity index (χ2v) is 5.97. The molecular weight excluding hydrogens is 330 g/mol. The van der Waals surface area contributed by atoms with Crippen molar-refractivity contribution in [3.05, 3.63) is 65.5 Å². The summed E-state index contributed by atoms with van der Waals surface area (Å²) in [7, 11) is 1.35. The van der Waals surface area contributed by atoms with Crippen LogP contribution in [-0.2, 0) is 17.6 Å². The summed E-state index contributed by atoms with van der Waals surface area (Å²) in [6.07, 6.45) is 4.51. The zero-order valence-electron chi connectivity index (χ0n) is 14.3. The first-order chi connectivity index (χ1) is 12.7. The summed E-state index contributed by atoms with van der Waals surface area (Å²) in [4.78, 5) is 25.3. The molecule has 2 aromatic heterocycles. The number of methoxy groups -OCH3 is 1. The number of carbonyl (C=O) groups excluding carboxylic acids is 1. The third kappa shape index (κ3) is 3.13. The summed E-state index contributed by atoms with van der Waals surface area (Å²) in [5.74, 6) is 1.20. The number of rotatable bonds is 4. The molecule has 6 nitrogen and oxygen atoms in total. The average molecular weight is 347 g/mol. The van der Waals surface area contributed by atoms with Crippen LogP contribution < -0.4 is 4.74 Å². The molecule has 0 atom stereocenters. The maximum absolute atomic E-state index is 11.7. The standard InChI is InChI=1S/C20H17N3O3/c1-25-20(24)13-6-4-7-14(12-13)26-19-15-8-5-10-16(15)22-18(23-19)17-9-2-3-11-21-17/h2-4,6-7,9,11-12H,5,8,10H2,1H3. The molecule has 6 heteroatoms. The van der Waals surface area contributed by atoms with Crippen molar-refractivity contribution in [2.45, 2.75) is 19.3 Å². The van der Waals surface area contributed by atoms with E-state index in [0.717, 1.165) is 30.5 Å². The van der Waals surface area contributed by atoms with Gasteiger partial charge >= 0.3 is 5.97 Å². The lowest BCUT2D eigenvalue weighted by Crippen LogP contribution is -2.03. The van der Waals surface area contributed by atoms with Crippen LogP contribution >= 0.6 is 0 Å². The minimum atomic E-state index is -0.405. The van der Waals surface area contributed by atoms with E-state index >= 15 is 0 Å². The highest BCUT2D eigenvalue weighted by Crippen LogP contribution is 2.33. The first kappa shape index (κ1) is 16.2. The van der Waals surface area contributed by atoms with Gasteiger partial charge in [-0.3, -0.25) is 4.98 Å². The van der Waals surface area contributed by atoms with E-state index in [1.165, 1.54) is 7.11 Å². The predicted molar refractivity (Wildman–Crippen MR) is 95.1 cm³/mol.